The Labute approximate surface area is 140 Å². The van der Waals surface area contributed by atoms with Crippen molar-refractivity contribution in [1.29, 1.82) is 0 Å². The first-order valence-electron chi connectivity index (χ1n) is 7.74. The maximum atomic E-state index is 6.07. The van der Waals surface area contributed by atoms with Crippen molar-refractivity contribution < 1.29 is 4.42 Å². The van der Waals surface area contributed by atoms with E-state index in [1.807, 2.05) is 0 Å². The summed E-state index contributed by atoms with van der Waals surface area (Å²) in [6.07, 6.45) is 0. The van der Waals surface area contributed by atoms with Crippen LogP contribution >= 0.6 is 15.9 Å². The number of hydrogen-bond acceptors (Lipinski definition) is 1. The normalized spacial score (nSPS) is 13.2. The molecule has 116 valence electrons. The van der Waals surface area contributed by atoms with Crippen molar-refractivity contribution in [3.8, 4) is 0 Å². The number of halogens is 1. The van der Waals surface area contributed by atoms with Crippen LogP contribution < -0.4 is 0 Å². The second kappa shape index (κ2) is 4.86. The summed E-state index contributed by atoms with van der Waals surface area (Å²) in [6, 6.07) is 11.0. The number of benzene rings is 2. The van der Waals surface area contributed by atoms with Crippen LogP contribution in [-0.4, -0.2) is 0 Å². The molecule has 1 aromatic heterocycles. The van der Waals surface area contributed by atoms with Crippen molar-refractivity contribution in [2.45, 2.75) is 52.4 Å². The minimum Gasteiger partial charge on any atom is -0.455 e. The third kappa shape index (κ3) is 2.58. The predicted molar refractivity (Wildman–Crippen MR) is 98.8 cm³/mol. The van der Waals surface area contributed by atoms with E-state index in [9.17, 15) is 0 Å². The Morgan fingerprint density at radius 2 is 1.36 bits per heavy atom. The molecule has 22 heavy (non-hydrogen) atoms. The average Bonchev–Trinajstić information content (AvgIpc) is 2.75. The number of hydrogen-bond donors (Lipinski definition) is 0. The van der Waals surface area contributed by atoms with Crippen LogP contribution in [0.15, 0.2) is 39.2 Å². The fourth-order valence-electron chi connectivity index (χ4n) is 2.74. The van der Waals surface area contributed by atoms with Crippen LogP contribution in [0.5, 0.6) is 0 Å². The molecule has 1 heterocycles. The summed E-state index contributed by atoms with van der Waals surface area (Å²) in [6.45, 7) is 13.4. The van der Waals surface area contributed by atoms with E-state index in [1.165, 1.54) is 21.9 Å². The van der Waals surface area contributed by atoms with E-state index in [0.29, 0.717) is 0 Å². The van der Waals surface area contributed by atoms with Crippen molar-refractivity contribution in [2.24, 2.45) is 0 Å². The summed E-state index contributed by atoms with van der Waals surface area (Å²) in [5.74, 6) is 0. The van der Waals surface area contributed by atoms with Gasteiger partial charge in [-0.2, -0.15) is 0 Å². The summed E-state index contributed by atoms with van der Waals surface area (Å²) >= 11 is 3.68. The first kappa shape index (κ1) is 15.6. The maximum absolute atomic E-state index is 6.07. The molecule has 2 aromatic carbocycles. The predicted octanol–water partition coefficient (Wildman–Crippen LogP) is 6.94. The van der Waals surface area contributed by atoms with E-state index < -0.39 is 0 Å². The van der Waals surface area contributed by atoms with Gasteiger partial charge in [0.05, 0.1) is 4.47 Å². The molecule has 0 aliphatic heterocycles. The molecular weight excluding hydrogens is 336 g/mol. The summed E-state index contributed by atoms with van der Waals surface area (Å²) in [5, 5.41) is 2.40. The van der Waals surface area contributed by atoms with Gasteiger partial charge in [0.2, 0.25) is 0 Å². The fourth-order valence-corrected chi connectivity index (χ4v) is 3.28. The molecule has 0 aliphatic carbocycles. The van der Waals surface area contributed by atoms with Crippen LogP contribution in [0.25, 0.3) is 21.9 Å². The Balaban J connectivity index is 2.37. The Morgan fingerprint density at radius 1 is 0.773 bits per heavy atom. The van der Waals surface area contributed by atoms with Gasteiger partial charge in [0, 0.05) is 10.8 Å². The fraction of sp³-hybridized carbons (Fsp3) is 0.400. The van der Waals surface area contributed by atoms with E-state index in [2.05, 4.69) is 87.8 Å². The number of furan rings is 1. The molecule has 0 bridgehead atoms. The number of rotatable bonds is 0. The molecule has 0 amide bonds. The van der Waals surface area contributed by atoms with Crippen molar-refractivity contribution in [1.82, 2.24) is 0 Å². The van der Waals surface area contributed by atoms with Crippen LogP contribution in [0.1, 0.15) is 52.7 Å². The lowest BCUT2D eigenvalue weighted by molar-refractivity contribution is 0.590. The van der Waals surface area contributed by atoms with E-state index in [1.54, 1.807) is 0 Å². The lowest BCUT2D eigenvalue weighted by Crippen LogP contribution is -2.11. The third-order valence-corrected chi connectivity index (χ3v) is 4.85. The molecule has 0 atom stereocenters. The molecule has 3 aromatic rings. The second-order valence-corrected chi connectivity index (χ2v) is 9.00. The van der Waals surface area contributed by atoms with Crippen molar-refractivity contribution in [3.63, 3.8) is 0 Å². The molecule has 1 nitrogen and oxygen atoms in total. The quantitative estimate of drug-likeness (QED) is 0.423. The van der Waals surface area contributed by atoms with E-state index in [4.69, 9.17) is 4.42 Å². The zero-order valence-electron chi connectivity index (χ0n) is 14.2. The molecule has 0 saturated heterocycles. The average molecular weight is 359 g/mol. The molecule has 2 heteroatoms. The van der Waals surface area contributed by atoms with Gasteiger partial charge in [0.25, 0.3) is 0 Å². The smallest absolute Gasteiger partial charge is 0.149 e. The first-order chi connectivity index (χ1) is 10.1. The van der Waals surface area contributed by atoms with Crippen LogP contribution in [0.3, 0.4) is 0 Å². The summed E-state index contributed by atoms with van der Waals surface area (Å²) in [5.41, 5.74) is 4.79. The van der Waals surface area contributed by atoms with Crippen molar-refractivity contribution >= 4 is 37.9 Å². The molecule has 3 rings (SSSR count). The van der Waals surface area contributed by atoms with Crippen LogP contribution in [0.4, 0.5) is 0 Å². The minimum absolute atomic E-state index is 0.113. The van der Waals surface area contributed by atoms with Crippen LogP contribution in [0.2, 0.25) is 0 Å². The van der Waals surface area contributed by atoms with Gasteiger partial charge in [-0.05, 0) is 62.2 Å². The SMILES string of the molecule is CC(C)(C)c1ccc2oc3c(Br)cc(C(C)(C)C)cc3c2c1. The molecular formula is C20H23BrO. The standard InChI is InChI=1S/C20H23BrO/c1-19(2,3)12-7-8-17-14(9-12)15-10-13(20(4,5)6)11-16(21)18(15)22-17/h7-11H,1-6H3. The first-order valence-corrected chi connectivity index (χ1v) is 8.53. The van der Waals surface area contributed by atoms with Gasteiger partial charge in [0.1, 0.15) is 11.2 Å². The topological polar surface area (TPSA) is 13.1 Å². The van der Waals surface area contributed by atoms with Crippen LogP contribution in [-0.2, 0) is 10.8 Å². The minimum atomic E-state index is 0.113. The Bertz CT molecular complexity index is 857. The highest BCUT2D eigenvalue weighted by molar-refractivity contribution is 9.10. The highest BCUT2D eigenvalue weighted by atomic mass is 79.9. The van der Waals surface area contributed by atoms with Crippen molar-refractivity contribution in [3.05, 3.63) is 45.9 Å². The molecule has 0 spiro atoms. The summed E-state index contributed by atoms with van der Waals surface area (Å²) in [4.78, 5) is 0. The van der Waals surface area contributed by atoms with Gasteiger partial charge in [-0.15, -0.1) is 0 Å². The Kier molecular flexibility index (Phi) is 3.45. The van der Waals surface area contributed by atoms with Crippen LogP contribution in [0, 0.1) is 0 Å². The van der Waals surface area contributed by atoms with E-state index >= 15 is 0 Å². The van der Waals surface area contributed by atoms with E-state index in [0.717, 1.165) is 15.6 Å². The van der Waals surface area contributed by atoms with Gasteiger partial charge in [-0.1, -0.05) is 47.6 Å². The molecule has 0 unspecified atom stereocenters. The molecule has 0 radical (unpaired) electrons. The monoisotopic (exact) mass is 358 g/mol. The maximum Gasteiger partial charge on any atom is 0.149 e. The van der Waals surface area contributed by atoms with Crippen molar-refractivity contribution in [2.75, 3.05) is 0 Å². The second-order valence-electron chi connectivity index (χ2n) is 8.15. The van der Waals surface area contributed by atoms with Gasteiger partial charge >= 0.3 is 0 Å². The highest BCUT2D eigenvalue weighted by Gasteiger charge is 2.20. The summed E-state index contributed by atoms with van der Waals surface area (Å²) < 4.78 is 7.10. The van der Waals surface area contributed by atoms with E-state index in [-0.39, 0.29) is 10.8 Å². The van der Waals surface area contributed by atoms with Gasteiger partial charge in [0.15, 0.2) is 0 Å². The zero-order valence-corrected chi connectivity index (χ0v) is 15.8. The van der Waals surface area contributed by atoms with Gasteiger partial charge < -0.3 is 4.42 Å². The Hall–Kier alpha value is -1.28. The number of fused-ring (bicyclic) bond motifs is 3. The molecule has 0 fully saturated rings. The largest absolute Gasteiger partial charge is 0.455 e. The lowest BCUT2D eigenvalue weighted by Gasteiger charge is -2.20. The molecule has 0 aliphatic rings. The third-order valence-electron chi connectivity index (χ3n) is 4.26. The summed E-state index contributed by atoms with van der Waals surface area (Å²) in [7, 11) is 0. The van der Waals surface area contributed by atoms with Gasteiger partial charge in [-0.3, -0.25) is 0 Å². The zero-order chi connectivity index (χ0) is 16.3. The molecule has 0 saturated carbocycles. The molecule has 0 N–H and O–H groups in total. The Morgan fingerprint density at radius 3 is 1.95 bits per heavy atom. The highest BCUT2D eigenvalue weighted by Crippen LogP contribution is 2.39. The van der Waals surface area contributed by atoms with Gasteiger partial charge in [-0.25, -0.2) is 0 Å². The lowest BCUT2D eigenvalue weighted by atomic mass is 9.85.